The van der Waals surface area contributed by atoms with E-state index in [9.17, 15) is 4.79 Å². The number of carbonyl (C=O) groups is 1. The standard InChI is InChI=1S/C14H21N3OS/c1-10(2)7-17(9-13(15)18)8-11-5-3-4-6-12(11)14(16)19/h3-6,10H,7-9H2,1-2H3,(H2,15,18)(H2,16,19). The lowest BCUT2D eigenvalue weighted by Crippen LogP contribution is -2.36. The van der Waals surface area contributed by atoms with Crippen molar-refractivity contribution in [1.82, 2.24) is 4.90 Å². The summed E-state index contributed by atoms with van der Waals surface area (Å²) in [4.78, 5) is 13.5. The minimum absolute atomic E-state index is 0.240. The second-order valence-corrected chi connectivity index (χ2v) is 5.49. The third-order valence-corrected chi connectivity index (χ3v) is 2.90. The molecule has 0 heterocycles. The molecule has 0 aromatic heterocycles. The number of amides is 1. The molecule has 1 aromatic carbocycles. The Bertz CT molecular complexity index is 460. The maximum Gasteiger partial charge on any atom is 0.231 e. The average Bonchev–Trinajstić information content (AvgIpc) is 2.27. The SMILES string of the molecule is CC(C)CN(CC(N)=O)Cc1ccccc1C(N)=S. The molecule has 1 rings (SSSR count). The maximum atomic E-state index is 11.1. The van der Waals surface area contributed by atoms with E-state index >= 15 is 0 Å². The van der Waals surface area contributed by atoms with Gasteiger partial charge in [-0.25, -0.2) is 0 Å². The van der Waals surface area contributed by atoms with E-state index in [2.05, 4.69) is 13.8 Å². The molecule has 1 amide bonds. The van der Waals surface area contributed by atoms with Crippen LogP contribution in [0.4, 0.5) is 0 Å². The van der Waals surface area contributed by atoms with Gasteiger partial charge in [0.25, 0.3) is 0 Å². The van der Waals surface area contributed by atoms with Gasteiger partial charge in [-0.05, 0) is 11.5 Å². The third-order valence-electron chi connectivity index (χ3n) is 2.68. The van der Waals surface area contributed by atoms with Gasteiger partial charge in [-0.1, -0.05) is 50.3 Å². The summed E-state index contributed by atoms with van der Waals surface area (Å²) in [5, 5.41) is 0. The molecule has 0 fully saturated rings. The minimum Gasteiger partial charge on any atom is -0.389 e. The Balaban J connectivity index is 2.89. The Morgan fingerprint density at radius 3 is 2.47 bits per heavy atom. The van der Waals surface area contributed by atoms with Crippen molar-refractivity contribution in [2.24, 2.45) is 17.4 Å². The lowest BCUT2D eigenvalue weighted by molar-refractivity contribution is -0.119. The molecular formula is C14H21N3OS. The van der Waals surface area contributed by atoms with Crippen molar-refractivity contribution in [1.29, 1.82) is 0 Å². The van der Waals surface area contributed by atoms with E-state index in [-0.39, 0.29) is 12.5 Å². The topological polar surface area (TPSA) is 72.3 Å². The van der Waals surface area contributed by atoms with Gasteiger partial charge in [-0.15, -0.1) is 0 Å². The molecule has 0 aliphatic carbocycles. The summed E-state index contributed by atoms with van der Waals surface area (Å²) in [6.45, 7) is 5.87. The molecule has 0 atom stereocenters. The van der Waals surface area contributed by atoms with Crippen LogP contribution in [0.3, 0.4) is 0 Å². The fourth-order valence-corrected chi connectivity index (χ4v) is 2.26. The Kier molecular flexibility index (Phi) is 5.92. The fraction of sp³-hybridized carbons (Fsp3) is 0.429. The second kappa shape index (κ2) is 7.21. The van der Waals surface area contributed by atoms with Crippen LogP contribution < -0.4 is 11.5 Å². The lowest BCUT2D eigenvalue weighted by atomic mass is 10.1. The summed E-state index contributed by atoms with van der Waals surface area (Å²) in [5.41, 5.74) is 12.9. The lowest BCUT2D eigenvalue weighted by Gasteiger charge is -2.23. The van der Waals surface area contributed by atoms with Gasteiger partial charge in [0.1, 0.15) is 4.99 Å². The van der Waals surface area contributed by atoms with E-state index in [0.717, 1.165) is 17.7 Å². The first-order valence-electron chi connectivity index (χ1n) is 6.28. The molecule has 4 nitrogen and oxygen atoms in total. The number of nitrogens with zero attached hydrogens (tertiary/aromatic N) is 1. The smallest absolute Gasteiger partial charge is 0.231 e. The first-order chi connectivity index (χ1) is 8.90. The van der Waals surface area contributed by atoms with E-state index in [1.54, 1.807) is 0 Å². The summed E-state index contributed by atoms with van der Waals surface area (Å²) in [5.74, 6) is 0.129. The van der Waals surface area contributed by atoms with Gasteiger partial charge >= 0.3 is 0 Å². The van der Waals surface area contributed by atoms with Crippen molar-refractivity contribution >= 4 is 23.1 Å². The molecule has 4 N–H and O–H groups in total. The molecule has 0 saturated heterocycles. The molecule has 0 saturated carbocycles. The van der Waals surface area contributed by atoms with Crippen molar-refractivity contribution < 1.29 is 4.79 Å². The maximum absolute atomic E-state index is 11.1. The monoisotopic (exact) mass is 279 g/mol. The van der Waals surface area contributed by atoms with Crippen molar-refractivity contribution in [3.05, 3.63) is 35.4 Å². The largest absolute Gasteiger partial charge is 0.389 e. The predicted molar refractivity (Wildman–Crippen MR) is 81.6 cm³/mol. The highest BCUT2D eigenvalue weighted by Crippen LogP contribution is 2.13. The molecule has 0 spiro atoms. The molecular weight excluding hydrogens is 258 g/mol. The Labute approximate surface area is 119 Å². The zero-order chi connectivity index (χ0) is 14.4. The number of nitrogens with two attached hydrogens (primary N) is 2. The van der Waals surface area contributed by atoms with E-state index < -0.39 is 0 Å². The van der Waals surface area contributed by atoms with Gasteiger partial charge in [0.15, 0.2) is 0 Å². The minimum atomic E-state index is -0.326. The van der Waals surface area contributed by atoms with E-state index in [4.69, 9.17) is 23.7 Å². The number of hydrogen-bond acceptors (Lipinski definition) is 3. The van der Waals surface area contributed by atoms with Crippen molar-refractivity contribution in [3.8, 4) is 0 Å². The van der Waals surface area contributed by atoms with Gasteiger partial charge in [-0.2, -0.15) is 0 Å². The Morgan fingerprint density at radius 1 is 1.32 bits per heavy atom. The average molecular weight is 279 g/mol. The van der Waals surface area contributed by atoms with Crippen LogP contribution >= 0.6 is 12.2 Å². The van der Waals surface area contributed by atoms with E-state index in [1.165, 1.54) is 0 Å². The van der Waals surface area contributed by atoms with Crippen LogP contribution in [0.1, 0.15) is 25.0 Å². The van der Waals surface area contributed by atoms with Gasteiger partial charge < -0.3 is 11.5 Å². The highest BCUT2D eigenvalue weighted by molar-refractivity contribution is 7.80. The number of primary amides is 1. The van der Waals surface area contributed by atoms with Crippen molar-refractivity contribution in [2.75, 3.05) is 13.1 Å². The number of hydrogen-bond donors (Lipinski definition) is 2. The van der Waals surface area contributed by atoms with Crippen molar-refractivity contribution in [2.45, 2.75) is 20.4 Å². The van der Waals surface area contributed by atoms with Crippen LogP contribution in [0.5, 0.6) is 0 Å². The summed E-state index contributed by atoms with van der Waals surface area (Å²) in [6, 6.07) is 7.71. The van der Waals surface area contributed by atoms with Crippen LogP contribution in [0.2, 0.25) is 0 Å². The molecule has 0 bridgehead atoms. The molecule has 0 aliphatic rings. The second-order valence-electron chi connectivity index (χ2n) is 5.05. The highest BCUT2D eigenvalue weighted by Gasteiger charge is 2.13. The normalized spacial score (nSPS) is 10.9. The van der Waals surface area contributed by atoms with Crippen LogP contribution in [0.15, 0.2) is 24.3 Å². The van der Waals surface area contributed by atoms with Crippen LogP contribution in [-0.2, 0) is 11.3 Å². The van der Waals surface area contributed by atoms with Gasteiger partial charge in [0, 0.05) is 18.7 Å². The molecule has 0 aliphatic heterocycles. The summed E-state index contributed by atoms with van der Waals surface area (Å²) < 4.78 is 0. The van der Waals surface area contributed by atoms with Gasteiger partial charge in [0.05, 0.1) is 6.54 Å². The summed E-state index contributed by atoms with van der Waals surface area (Å²) in [6.07, 6.45) is 0. The number of benzene rings is 1. The fourth-order valence-electron chi connectivity index (χ4n) is 2.06. The number of rotatable bonds is 7. The quantitative estimate of drug-likeness (QED) is 0.737. The Morgan fingerprint density at radius 2 is 1.95 bits per heavy atom. The van der Waals surface area contributed by atoms with E-state index in [1.807, 2.05) is 29.2 Å². The first kappa shape index (κ1) is 15.6. The third kappa shape index (κ3) is 5.36. The van der Waals surface area contributed by atoms with Crippen molar-refractivity contribution in [3.63, 3.8) is 0 Å². The number of thiocarbonyl (C=S) groups is 1. The first-order valence-corrected chi connectivity index (χ1v) is 6.69. The predicted octanol–water partition coefficient (Wildman–Crippen LogP) is 1.26. The molecule has 5 heteroatoms. The van der Waals surface area contributed by atoms with Crippen LogP contribution in [-0.4, -0.2) is 28.9 Å². The highest BCUT2D eigenvalue weighted by atomic mass is 32.1. The molecule has 1 aromatic rings. The molecule has 104 valence electrons. The van der Waals surface area contributed by atoms with Crippen LogP contribution in [0, 0.1) is 5.92 Å². The molecule has 19 heavy (non-hydrogen) atoms. The summed E-state index contributed by atoms with van der Waals surface area (Å²) >= 11 is 5.05. The van der Waals surface area contributed by atoms with Crippen LogP contribution in [0.25, 0.3) is 0 Å². The summed E-state index contributed by atoms with van der Waals surface area (Å²) in [7, 11) is 0. The molecule has 0 radical (unpaired) electrons. The van der Waals surface area contributed by atoms with E-state index in [0.29, 0.717) is 17.5 Å². The molecule has 0 unspecified atom stereocenters. The zero-order valence-electron chi connectivity index (χ0n) is 11.4. The number of carbonyl (C=O) groups excluding carboxylic acids is 1. The zero-order valence-corrected chi connectivity index (χ0v) is 12.2. The Hall–Kier alpha value is -1.46. The van der Waals surface area contributed by atoms with Gasteiger partial charge in [0.2, 0.25) is 5.91 Å². The van der Waals surface area contributed by atoms with Gasteiger partial charge in [-0.3, -0.25) is 9.69 Å².